The van der Waals surface area contributed by atoms with E-state index < -0.39 is 0 Å². The van der Waals surface area contributed by atoms with Gasteiger partial charge in [0.25, 0.3) is 0 Å². The summed E-state index contributed by atoms with van der Waals surface area (Å²) < 4.78 is 10.2. The molecule has 1 N–H and O–H groups in total. The van der Waals surface area contributed by atoms with Gasteiger partial charge in [-0.15, -0.1) is 0 Å². The molecule has 0 radical (unpaired) electrons. The van der Waals surface area contributed by atoms with Gasteiger partial charge in [-0.3, -0.25) is 0 Å². The Kier molecular flexibility index (Phi) is 3.34. The monoisotopic (exact) mass is 195 g/mol. The van der Waals surface area contributed by atoms with Crippen LogP contribution < -0.4 is 9.47 Å². The number of ether oxygens (including phenoxy) is 2. The van der Waals surface area contributed by atoms with Gasteiger partial charge in [-0.2, -0.15) is 0 Å². The van der Waals surface area contributed by atoms with Crippen molar-refractivity contribution in [3.8, 4) is 11.5 Å². The van der Waals surface area contributed by atoms with E-state index in [1.165, 1.54) is 0 Å². The first-order chi connectivity index (χ1) is 6.72. The van der Waals surface area contributed by atoms with Crippen LogP contribution in [0.25, 0.3) is 0 Å². The standard InChI is InChI=1S/C10H13NO3/c1-7(11-12)9-5-4-8(13-2)6-10(9)14-3/h4-6,12H,1-3H3/b11-7-. The van der Waals surface area contributed by atoms with Crippen LogP contribution in [0.1, 0.15) is 12.5 Å². The fourth-order valence-corrected chi connectivity index (χ4v) is 1.15. The van der Waals surface area contributed by atoms with Gasteiger partial charge in [0, 0.05) is 11.6 Å². The first kappa shape index (κ1) is 10.4. The van der Waals surface area contributed by atoms with Gasteiger partial charge in [-0.25, -0.2) is 0 Å². The summed E-state index contributed by atoms with van der Waals surface area (Å²) in [6, 6.07) is 5.31. The highest BCUT2D eigenvalue weighted by molar-refractivity contribution is 6.00. The van der Waals surface area contributed by atoms with Crippen molar-refractivity contribution >= 4 is 5.71 Å². The van der Waals surface area contributed by atoms with E-state index in [1.54, 1.807) is 39.3 Å². The van der Waals surface area contributed by atoms with Gasteiger partial charge < -0.3 is 14.7 Å². The smallest absolute Gasteiger partial charge is 0.131 e. The second-order valence-electron chi connectivity index (χ2n) is 2.75. The zero-order valence-electron chi connectivity index (χ0n) is 8.44. The maximum atomic E-state index is 8.64. The summed E-state index contributed by atoms with van der Waals surface area (Å²) in [4.78, 5) is 0. The van der Waals surface area contributed by atoms with E-state index in [9.17, 15) is 0 Å². The van der Waals surface area contributed by atoms with Gasteiger partial charge in [0.15, 0.2) is 0 Å². The van der Waals surface area contributed by atoms with Crippen LogP contribution in [-0.2, 0) is 0 Å². The third kappa shape index (κ3) is 1.96. The highest BCUT2D eigenvalue weighted by Gasteiger charge is 2.07. The lowest BCUT2D eigenvalue weighted by molar-refractivity contribution is 0.318. The number of methoxy groups -OCH3 is 2. The lowest BCUT2D eigenvalue weighted by Crippen LogP contribution is -1.99. The second-order valence-corrected chi connectivity index (χ2v) is 2.75. The molecule has 0 saturated heterocycles. The summed E-state index contributed by atoms with van der Waals surface area (Å²) in [7, 11) is 3.14. The Morgan fingerprint density at radius 2 is 2.00 bits per heavy atom. The van der Waals surface area contributed by atoms with Gasteiger partial charge in [-0.1, -0.05) is 5.16 Å². The Morgan fingerprint density at radius 3 is 2.50 bits per heavy atom. The molecule has 0 unspecified atom stereocenters. The summed E-state index contributed by atoms with van der Waals surface area (Å²) >= 11 is 0. The number of oxime groups is 1. The van der Waals surface area contributed by atoms with Crippen molar-refractivity contribution in [1.82, 2.24) is 0 Å². The van der Waals surface area contributed by atoms with Crippen molar-refractivity contribution in [2.24, 2.45) is 5.16 Å². The molecule has 0 aliphatic rings. The molecule has 0 bridgehead atoms. The quantitative estimate of drug-likeness (QED) is 0.455. The van der Waals surface area contributed by atoms with Crippen LogP contribution in [0, 0.1) is 0 Å². The van der Waals surface area contributed by atoms with Crippen LogP contribution in [0.2, 0.25) is 0 Å². The fourth-order valence-electron chi connectivity index (χ4n) is 1.15. The Bertz CT molecular complexity index is 347. The van der Waals surface area contributed by atoms with E-state index in [0.29, 0.717) is 17.2 Å². The molecule has 0 saturated carbocycles. The van der Waals surface area contributed by atoms with Crippen molar-refractivity contribution in [1.29, 1.82) is 0 Å². The molecule has 0 aliphatic carbocycles. The highest BCUT2D eigenvalue weighted by atomic mass is 16.5. The molecule has 1 rings (SSSR count). The highest BCUT2D eigenvalue weighted by Crippen LogP contribution is 2.24. The normalized spacial score (nSPS) is 11.2. The van der Waals surface area contributed by atoms with Gasteiger partial charge in [0.2, 0.25) is 0 Å². The molecule has 0 spiro atoms. The molecule has 0 aromatic heterocycles. The van der Waals surface area contributed by atoms with Gasteiger partial charge in [-0.05, 0) is 19.1 Å². The molecule has 0 atom stereocenters. The maximum absolute atomic E-state index is 8.64. The summed E-state index contributed by atoms with van der Waals surface area (Å²) in [5.41, 5.74) is 1.25. The second kappa shape index (κ2) is 4.50. The number of benzene rings is 1. The third-order valence-electron chi connectivity index (χ3n) is 1.95. The lowest BCUT2D eigenvalue weighted by Gasteiger charge is -2.08. The molecule has 0 aliphatic heterocycles. The zero-order valence-corrected chi connectivity index (χ0v) is 8.44. The number of hydrogen-bond donors (Lipinski definition) is 1. The van der Waals surface area contributed by atoms with E-state index in [0.717, 1.165) is 5.56 Å². The molecule has 0 amide bonds. The Morgan fingerprint density at radius 1 is 1.29 bits per heavy atom. The minimum Gasteiger partial charge on any atom is -0.497 e. The van der Waals surface area contributed by atoms with Crippen molar-refractivity contribution in [3.63, 3.8) is 0 Å². The van der Waals surface area contributed by atoms with E-state index in [1.807, 2.05) is 0 Å². The predicted molar refractivity (Wildman–Crippen MR) is 53.5 cm³/mol. The predicted octanol–water partition coefficient (Wildman–Crippen LogP) is 1.90. The van der Waals surface area contributed by atoms with Gasteiger partial charge in [0.1, 0.15) is 11.5 Å². The average molecular weight is 195 g/mol. The fraction of sp³-hybridized carbons (Fsp3) is 0.300. The number of nitrogens with zero attached hydrogens (tertiary/aromatic N) is 1. The SMILES string of the molecule is COc1ccc(/C(C)=N\O)c(OC)c1. The van der Waals surface area contributed by atoms with E-state index in [4.69, 9.17) is 14.7 Å². The summed E-state index contributed by atoms with van der Waals surface area (Å²) in [5.74, 6) is 1.33. The van der Waals surface area contributed by atoms with Crippen molar-refractivity contribution < 1.29 is 14.7 Å². The summed E-state index contributed by atoms with van der Waals surface area (Å²) in [6.45, 7) is 1.70. The molecule has 4 heteroatoms. The zero-order chi connectivity index (χ0) is 10.6. The van der Waals surface area contributed by atoms with Crippen molar-refractivity contribution in [2.75, 3.05) is 14.2 Å². The number of hydrogen-bond acceptors (Lipinski definition) is 4. The Balaban J connectivity index is 3.18. The van der Waals surface area contributed by atoms with Crippen LogP contribution >= 0.6 is 0 Å². The molecular weight excluding hydrogens is 182 g/mol. The van der Waals surface area contributed by atoms with Crippen LogP contribution in [0.4, 0.5) is 0 Å². The molecule has 0 fully saturated rings. The molecule has 0 heterocycles. The lowest BCUT2D eigenvalue weighted by atomic mass is 10.1. The van der Waals surface area contributed by atoms with Crippen molar-refractivity contribution in [2.45, 2.75) is 6.92 Å². The third-order valence-corrected chi connectivity index (χ3v) is 1.95. The van der Waals surface area contributed by atoms with Crippen LogP contribution in [-0.4, -0.2) is 25.1 Å². The topological polar surface area (TPSA) is 51.0 Å². The van der Waals surface area contributed by atoms with E-state index in [2.05, 4.69) is 5.16 Å². The minimum atomic E-state index is 0.504. The summed E-state index contributed by atoms with van der Waals surface area (Å²) in [5, 5.41) is 11.8. The van der Waals surface area contributed by atoms with Crippen LogP contribution in [0.3, 0.4) is 0 Å². The first-order valence-corrected chi connectivity index (χ1v) is 4.14. The minimum absolute atomic E-state index is 0.504. The van der Waals surface area contributed by atoms with Crippen LogP contribution in [0.5, 0.6) is 11.5 Å². The Hall–Kier alpha value is -1.71. The van der Waals surface area contributed by atoms with E-state index >= 15 is 0 Å². The van der Waals surface area contributed by atoms with Gasteiger partial charge >= 0.3 is 0 Å². The number of rotatable bonds is 3. The molecule has 4 nitrogen and oxygen atoms in total. The molecule has 1 aromatic rings. The Labute approximate surface area is 82.8 Å². The average Bonchev–Trinajstić information content (AvgIpc) is 2.27. The molecule has 1 aromatic carbocycles. The van der Waals surface area contributed by atoms with E-state index in [-0.39, 0.29) is 0 Å². The molecule has 14 heavy (non-hydrogen) atoms. The van der Waals surface area contributed by atoms with Crippen molar-refractivity contribution in [3.05, 3.63) is 23.8 Å². The van der Waals surface area contributed by atoms with Crippen LogP contribution in [0.15, 0.2) is 23.4 Å². The molecule has 76 valence electrons. The summed E-state index contributed by atoms with van der Waals surface area (Å²) in [6.07, 6.45) is 0. The largest absolute Gasteiger partial charge is 0.497 e. The molecular formula is C10H13NO3. The maximum Gasteiger partial charge on any atom is 0.131 e. The van der Waals surface area contributed by atoms with Gasteiger partial charge in [0.05, 0.1) is 19.9 Å². The first-order valence-electron chi connectivity index (χ1n) is 4.14.